The van der Waals surface area contributed by atoms with Crippen molar-refractivity contribution >= 4 is 11.5 Å². The number of nitrogens with one attached hydrogen (secondary N) is 1. The van der Waals surface area contributed by atoms with Gasteiger partial charge in [-0.2, -0.15) is 0 Å². The van der Waals surface area contributed by atoms with Gasteiger partial charge >= 0.3 is 0 Å². The summed E-state index contributed by atoms with van der Waals surface area (Å²) in [7, 11) is 0. The number of fused-ring (bicyclic) bond motifs is 1. The van der Waals surface area contributed by atoms with E-state index >= 15 is 0 Å². The Morgan fingerprint density at radius 3 is 2.77 bits per heavy atom. The Balaban J connectivity index is 1.30. The van der Waals surface area contributed by atoms with Crippen LogP contribution in [0.2, 0.25) is 0 Å². The molecule has 1 N–H and O–H groups in total. The molecule has 1 aliphatic rings. The van der Waals surface area contributed by atoms with Crippen LogP contribution in [0.3, 0.4) is 0 Å². The first-order valence-corrected chi connectivity index (χ1v) is 10.3. The smallest absolute Gasteiger partial charge is 0.251 e. The summed E-state index contributed by atoms with van der Waals surface area (Å²) in [4.78, 5) is 26.1. The van der Waals surface area contributed by atoms with Crippen LogP contribution in [0.1, 0.15) is 37.2 Å². The molecule has 0 aromatic carbocycles. The molecule has 1 saturated heterocycles. The van der Waals surface area contributed by atoms with E-state index in [4.69, 9.17) is 0 Å². The summed E-state index contributed by atoms with van der Waals surface area (Å²) in [5.74, 6) is 2.94. The first-order chi connectivity index (χ1) is 14.7. The molecule has 0 bridgehead atoms. The first kappa shape index (κ1) is 18.5. The molecule has 30 heavy (non-hydrogen) atoms. The number of hydrogen-bond donors (Lipinski definition) is 1. The lowest BCUT2D eigenvalue weighted by molar-refractivity contribution is 0.480. The number of H-pyrrole nitrogens is 1. The fraction of sp³-hybridized carbons (Fsp3) is 0.318. The van der Waals surface area contributed by atoms with Crippen LogP contribution in [0.25, 0.3) is 17.0 Å². The molecule has 0 spiro atoms. The Morgan fingerprint density at radius 1 is 1.13 bits per heavy atom. The standard InChI is InChI=1S/C22H23N7O/c1-2-17-13-20(30)25-21(24-17)16-6-7-18(23-14-16)28-11-8-15(9-12-28)22-27-26-19-5-3-4-10-29(19)22/h3-7,10,13-15H,2,8-9,11-12H2,1H3,(H,24,25,30). The Kier molecular flexibility index (Phi) is 4.74. The number of aromatic nitrogens is 6. The summed E-state index contributed by atoms with van der Waals surface area (Å²) in [6, 6.07) is 11.5. The van der Waals surface area contributed by atoms with E-state index in [1.807, 2.05) is 43.5 Å². The molecule has 0 radical (unpaired) electrons. The number of nitrogens with zero attached hydrogens (tertiary/aromatic N) is 6. The predicted molar refractivity (Wildman–Crippen MR) is 115 cm³/mol. The van der Waals surface area contributed by atoms with E-state index in [-0.39, 0.29) is 5.56 Å². The monoisotopic (exact) mass is 401 g/mol. The van der Waals surface area contributed by atoms with Crippen molar-refractivity contribution in [1.82, 2.24) is 29.5 Å². The van der Waals surface area contributed by atoms with Gasteiger partial charge in [-0.15, -0.1) is 10.2 Å². The second-order valence-corrected chi connectivity index (χ2v) is 7.59. The van der Waals surface area contributed by atoms with Gasteiger partial charge in [-0.3, -0.25) is 9.20 Å². The third-order valence-electron chi connectivity index (χ3n) is 5.70. The van der Waals surface area contributed by atoms with E-state index in [0.29, 0.717) is 11.7 Å². The Bertz CT molecular complexity index is 1220. The zero-order valence-electron chi connectivity index (χ0n) is 16.8. The van der Waals surface area contributed by atoms with Gasteiger partial charge in [-0.05, 0) is 43.5 Å². The zero-order chi connectivity index (χ0) is 20.5. The second-order valence-electron chi connectivity index (χ2n) is 7.59. The van der Waals surface area contributed by atoms with Gasteiger partial charge in [0.2, 0.25) is 0 Å². The molecule has 5 rings (SSSR count). The highest BCUT2D eigenvalue weighted by atomic mass is 16.1. The molecule has 1 fully saturated rings. The summed E-state index contributed by atoms with van der Waals surface area (Å²) >= 11 is 0. The molecule has 152 valence electrons. The average Bonchev–Trinajstić information content (AvgIpc) is 3.23. The van der Waals surface area contributed by atoms with Crippen molar-refractivity contribution in [2.75, 3.05) is 18.0 Å². The molecular weight excluding hydrogens is 378 g/mol. The van der Waals surface area contributed by atoms with Crippen LogP contribution in [0, 0.1) is 0 Å². The minimum absolute atomic E-state index is 0.135. The predicted octanol–water partition coefficient (Wildman–Crippen LogP) is 2.82. The molecule has 8 heteroatoms. The highest BCUT2D eigenvalue weighted by molar-refractivity contribution is 5.56. The van der Waals surface area contributed by atoms with E-state index in [1.54, 1.807) is 6.20 Å². The molecule has 1 aliphatic heterocycles. The van der Waals surface area contributed by atoms with Crippen LogP contribution in [0.4, 0.5) is 5.82 Å². The van der Waals surface area contributed by atoms with Gasteiger partial charge in [0.25, 0.3) is 5.56 Å². The first-order valence-electron chi connectivity index (χ1n) is 10.3. The average molecular weight is 401 g/mol. The molecule has 0 saturated carbocycles. The van der Waals surface area contributed by atoms with Crippen LogP contribution in [-0.2, 0) is 6.42 Å². The summed E-state index contributed by atoms with van der Waals surface area (Å²) in [6.07, 6.45) is 6.55. The Labute approximate surface area is 173 Å². The van der Waals surface area contributed by atoms with Crippen molar-refractivity contribution in [3.05, 3.63) is 70.7 Å². The molecule has 0 atom stereocenters. The van der Waals surface area contributed by atoms with Crippen LogP contribution in [-0.4, -0.2) is 42.6 Å². The lowest BCUT2D eigenvalue weighted by Crippen LogP contribution is -2.34. The highest BCUT2D eigenvalue weighted by Crippen LogP contribution is 2.29. The van der Waals surface area contributed by atoms with Crippen molar-refractivity contribution in [3.8, 4) is 11.4 Å². The molecule has 8 nitrogen and oxygen atoms in total. The van der Waals surface area contributed by atoms with Gasteiger partial charge in [0, 0.05) is 48.7 Å². The molecule has 0 unspecified atom stereocenters. The van der Waals surface area contributed by atoms with Gasteiger partial charge in [-0.1, -0.05) is 13.0 Å². The Hall–Kier alpha value is -3.55. The van der Waals surface area contributed by atoms with E-state index in [0.717, 1.165) is 60.9 Å². The fourth-order valence-electron chi connectivity index (χ4n) is 4.04. The highest BCUT2D eigenvalue weighted by Gasteiger charge is 2.25. The van der Waals surface area contributed by atoms with E-state index < -0.39 is 0 Å². The molecule has 0 aliphatic carbocycles. The number of pyridine rings is 2. The van der Waals surface area contributed by atoms with Gasteiger partial charge in [0.05, 0.1) is 0 Å². The van der Waals surface area contributed by atoms with Crippen molar-refractivity contribution < 1.29 is 0 Å². The number of aromatic amines is 1. The number of rotatable bonds is 4. The number of anilines is 1. The topological polar surface area (TPSA) is 92.1 Å². The lowest BCUT2D eigenvalue weighted by Gasteiger charge is -2.32. The van der Waals surface area contributed by atoms with Gasteiger partial charge in [0.15, 0.2) is 5.65 Å². The van der Waals surface area contributed by atoms with Crippen LogP contribution in [0.5, 0.6) is 0 Å². The molecule has 5 heterocycles. The van der Waals surface area contributed by atoms with E-state index in [2.05, 4.69) is 34.4 Å². The normalized spacial score (nSPS) is 15.0. The number of aryl methyl sites for hydroxylation is 1. The number of piperidine rings is 1. The second kappa shape index (κ2) is 7.70. The van der Waals surface area contributed by atoms with E-state index in [9.17, 15) is 4.79 Å². The fourth-order valence-corrected chi connectivity index (χ4v) is 4.04. The quantitative estimate of drug-likeness (QED) is 0.565. The number of hydrogen-bond acceptors (Lipinski definition) is 6. The molecule has 0 amide bonds. The third kappa shape index (κ3) is 3.45. The SMILES string of the molecule is CCc1cc(=O)[nH]c(-c2ccc(N3CCC(c4nnc5ccccn45)CC3)nc2)n1. The van der Waals surface area contributed by atoms with Gasteiger partial charge < -0.3 is 9.88 Å². The summed E-state index contributed by atoms with van der Waals surface area (Å²) in [6.45, 7) is 3.82. The van der Waals surface area contributed by atoms with Crippen LogP contribution >= 0.6 is 0 Å². The van der Waals surface area contributed by atoms with Gasteiger partial charge in [-0.25, -0.2) is 9.97 Å². The maximum Gasteiger partial charge on any atom is 0.251 e. The lowest BCUT2D eigenvalue weighted by atomic mass is 9.96. The maximum absolute atomic E-state index is 11.8. The zero-order valence-corrected chi connectivity index (χ0v) is 16.8. The van der Waals surface area contributed by atoms with Crippen molar-refractivity contribution in [2.45, 2.75) is 32.1 Å². The Morgan fingerprint density at radius 2 is 2.00 bits per heavy atom. The summed E-state index contributed by atoms with van der Waals surface area (Å²) < 4.78 is 2.09. The minimum Gasteiger partial charge on any atom is -0.357 e. The minimum atomic E-state index is -0.135. The molecule has 4 aromatic heterocycles. The van der Waals surface area contributed by atoms with Crippen LogP contribution < -0.4 is 10.5 Å². The van der Waals surface area contributed by atoms with Crippen molar-refractivity contribution in [2.24, 2.45) is 0 Å². The summed E-state index contributed by atoms with van der Waals surface area (Å²) in [5, 5.41) is 8.71. The van der Waals surface area contributed by atoms with Gasteiger partial charge in [0.1, 0.15) is 17.5 Å². The van der Waals surface area contributed by atoms with Crippen molar-refractivity contribution in [1.29, 1.82) is 0 Å². The maximum atomic E-state index is 11.8. The van der Waals surface area contributed by atoms with E-state index in [1.165, 1.54) is 6.07 Å². The largest absolute Gasteiger partial charge is 0.357 e. The summed E-state index contributed by atoms with van der Waals surface area (Å²) in [5.41, 5.74) is 2.35. The third-order valence-corrected chi connectivity index (χ3v) is 5.70. The molecular formula is C22H23N7O. The van der Waals surface area contributed by atoms with Crippen LogP contribution in [0.15, 0.2) is 53.6 Å². The molecule has 4 aromatic rings. The van der Waals surface area contributed by atoms with Crippen molar-refractivity contribution in [3.63, 3.8) is 0 Å².